The maximum atomic E-state index is 14.5. The first kappa shape index (κ1) is 27.3. The van der Waals surface area contributed by atoms with Crippen molar-refractivity contribution in [1.29, 1.82) is 0 Å². The second kappa shape index (κ2) is 12.2. The minimum absolute atomic E-state index is 0.00791. The monoisotopic (exact) mass is 545 g/mol. The number of benzene rings is 1. The number of nitrogens with one attached hydrogen (secondary N) is 2. The zero-order chi connectivity index (χ0) is 27.8. The fourth-order valence-corrected chi connectivity index (χ4v) is 3.45. The van der Waals surface area contributed by atoms with E-state index in [1.165, 1.54) is 21.8 Å². The minimum Gasteiger partial charge on any atom is -0.347 e. The SMILES string of the molecule is O=C(NCc1cc(C(F)(F)F)ccn1)c1cn(CCC(F)Cn2cc(C(=O)NCc3ccccc3)nn2)nn1. The third kappa shape index (κ3) is 7.90. The van der Waals surface area contributed by atoms with Gasteiger partial charge >= 0.3 is 6.18 Å². The smallest absolute Gasteiger partial charge is 0.347 e. The normalized spacial score (nSPS) is 12.2. The van der Waals surface area contributed by atoms with Crippen LogP contribution in [0.1, 0.15) is 44.2 Å². The van der Waals surface area contributed by atoms with Crippen molar-refractivity contribution in [2.45, 2.75) is 44.9 Å². The molecule has 3 aromatic heterocycles. The molecule has 11 nitrogen and oxygen atoms in total. The summed E-state index contributed by atoms with van der Waals surface area (Å²) in [5.41, 5.74) is 0.0476. The van der Waals surface area contributed by atoms with E-state index in [2.05, 4.69) is 36.2 Å². The lowest BCUT2D eigenvalue weighted by Gasteiger charge is -2.08. The molecule has 0 saturated heterocycles. The van der Waals surface area contributed by atoms with Crippen LogP contribution in [0.4, 0.5) is 17.6 Å². The zero-order valence-corrected chi connectivity index (χ0v) is 20.3. The predicted octanol–water partition coefficient (Wildman–Crippen LogP) is 2.57. The first-order valence-electron chi connectivity index (χ1n) is 11.7. The van der Waals surface area contributed by atoms with Crippen LogP contribution in [0.15, 0.2) is 61.1 Å². The molecule has 3 heterocycles. The van der Waals surface area contributed by atoms with Gasteiger partial charge in [0.15, 0.2) is 11.4 Å². The molecule has 2 amide bonds. The first-order chi connectivity index (χ1) is 18.7. The van der Waals surface area contributed by atoms with Crippen LogP contribution < -0.4 is 10.6 Å². The van der Waals surface area contributed by atoms with E-state index in [9.17, 15) is 27.2 Å². The molecule has 0 aliphatic heterocycles. The van der Waals surface area contributed by atoms with Gasteiger partial charge in [0.25, 0.3) is 11.8 Å². The summed E-state index contributed by atoms with van der Waals surface area (Å²) in [7, 11) is 0. The van der Waals surface area contributed by atoms with E-state index in [0.717, 1.165) is 23.9 Å². The third-order valence-corrected chi connectivity index (χ3v) is 5.47. The standard InChI is InChI=1S/C24H23F4N9O2/c25-18(13-37-15-21(33-35-37)22(38)30-11-16-4-2-1-3-5-16)7-9-36-14-20(32-34-36)23(39)31-12-19-10-17(6-8-29-19)24(26,27)28/h1-6,8,10,14-15,18H,7,9,11-13H2,(H,30,38)(H,31,39). The average molecular weight is 546 g/mol. The fourth-order valence-electron chi connectivity index (χ4n) is 3.45. The number of alkyl halides is 4. The minimum atomic E-state index is -4.52. The number of aromatic nitrogens is 7. The van der Waals surface area contributed by atoms with Gasteiger partial charge in [-0.25, -0.2) is 9.07 Å². The van der Waals surface area contributed by atoms with Crippen LogP contribution in [0.5, 0.6) is 0 Å². The van der Waals surface area contributed by atoms with Gasteiger partial charge in [-0.15, -0.1) is 10.2 Å². The van der Waals surface area contributed by atoms with E-state index in [1.54, 1.807) is 0 Å². The molecule has 0 radical (unpaired) electrons. The molecule has 39 heavy (non-hydrogen) atoms. The Morgan fingerprint density at radius 2 is 1.54 bits per heavy atom. The molecular weight excluding hydrogens is 522 g/mol. The van der Waals surface area contributed by atoms with Crippen molar-refractivity contribution in [3.05, 3.63) is 89.3 Å². The Morgan fingerprint density at radius 1 is 0.897 bits per heavy atom. The molecule has 0 aliphatic rings. The summed E-state index contributed by atoms with van der Waals surface area (Å²) in [6, 6.07) is 11.0. The summed E-state index contributed by atoms with van der Waals surface area (Å²) in [6.07, 6.45) is -2.22. The van der Waals surface area contributed by atoms with Crippen LogP contribution >= 0.6 is 0 Å². The Hall–Kier alpha value is -4.69. The lowest BCUT2D eigenvalue weighted by molar-refractivity contribution is -0.137. The highest BCUT2D eigenvalue weighted by Crippen LogP contribution is 2.28. The molecule has 0 aliphatic carbocycles. The number of halogens is 4. The highest BCUT2D eigenvalue weighted by atomic mass is 19.4. The van der Waals surface area contributed by atoms with Gasteiger partial charge in [0.1, 0.15) is 6.17 Å². The van der Waals surface area contributed by atoms with Gasteiger partial charge in [-0.05, 0) is 17.7 Å². The maximum absolute atomic E-state index is 14.5. The second-order valence-electron chi connectivity index (χ2n) is 8.46. The number of carbonyl (C=O) groups excluding carboxylic acids is 2. The van der Waals surface area contributed by atoms with Crippen molar-refractivity contribution in [2.24, 2.45) is 0 Å². The molecule has 1 unspecified atom stereocenters. The number of amides is 2. The Kier molecular flexibility index (Phi) is 8.58. The number of hydrogen-bond donors (Lipinski definition) is 2. The van der Waals surface area contributed by atoms with E-state index >= 15 is 0 Å². The summed E-state index contributed by atoms with van der Waals surface area (Å²) < 4.78 is 55.5. The number of aryl methyl sites for hydroxylation is 1. The molecule has 0 saturated carbocycles. The van der Waals surface area contributed by atoms with E-state index in [0.29, 0.717) is 6.54 Å². The Morgan fingerprint density at radius 3 is 2.23 bits per heavy atom. The molecule has 1 aromatic carbocycles. The van der Waals surface area contributed by atoms with Crippen molar-refractivity contribution < 1.29 is 27.2 Å². The second-order valence-corrected chi connectivity index (χ2v) is 8.46. The van der Waals surface area contributed by atoms with Crippen LogP contribution in [0.2, 0.25) is 0 Å². The number of rotatable bonds is 11. The summed E-state index contributed by atoms with van der Waals surface area (Å²) in [6.45, 7) is 0.0192. The van der Waals surface area contributed by atoms with Crippen molar-refractivity contribution in [3.8, 4) is 0 Å². The molecule has 0 fully saturated rings. The van der Waals surface area contributed by atoms with Crippen molar-refractivity contribution >= 4 is 11.8 Å². The number of nitrogens with zero attached hydrogens (tertiary/aromatic N) is 7. The van der Waals surface area contributed by atoms with Crippen LogP contribution in [0.3, 0.4) is 0 Å². The highest BCUT2D eigenvalue weighted by Gasteiger charge is 2.30. The van der Waals surface area contributed by atoms with E-state index in [-0.39, 0.29) is 43.1 Å². The molecule has 4 aromatic rings. The summed E-state index contributed by atoms with van der Waals surface area (Å²) in [5.74, 6) is -1.10. The van der Waals surface area contributed by atoms with Gasteiger partial charge in [0, 0.05) is 25.7 Å². The lowest BCUT2D eigenvalue weighted by Crippen LogP contribution is -2.24. The summed E-state index contributed by atoms with van der Waals surface area (Å²) in [4.78, 5) is 28.3. The quantitative estimate of drug-likeness (QED) is 0.277. The van der Waals surface area contributed by atoms with Crippen molar-refractivity contribution in [1.82, 2.24) is 45.6 Å². The van der Waals surface area contributed by atoms with Gasteiger partial charge < -0.3 is 10.6 Å². The van der Waals surface area contributed by atoms with E-state index in [4.69, 9.17) is 0 Å². The molecule has 0 spiro atoms. The van der Waals surface area contributed by atoms with Crippen molar-refractivity contribution in [2.75, 3.05) is 0 Å². The molecule has 15 heteroatoms. The summed E-state index contributed by atoms with van der Waals surface area (Å²) in [5, 5.41) is 20.2. The number of carbonyl (C=O) groups is 2. The van der Waals surface area contributed by atoms with Crippen LogP contribution in [0, 0.1) is 0 Å². The third-order valence-electron chi connectivity index (χ3n) is 5.47. The molecule has 2 N–H and O–H groups in total. The van der Waals surface area contributed by atoms with Gasteiger partial charge in [-0.3, -0.25) is 19.3 Å². The van der Waals surface area contributed by atoms with Crippen LogP contribution in [0.25, 0.3) is 0 Å². The van der Waals surface area contributed by atoms with E-state index < -0.39 is 29.7 Å². The Balaban J connectivity index is 1.21. The van der Waals surface area contributed by atoms with Gasteiger partial charge in [0.05, 0.1) is 36.7 Å². The predicted molar refractivity (Wildman–Crippen MR) is 128 cm³/mol. The van der Waals surface area contributed by atoms with Crippen molar-refractivity contribution in [3.63, 3.8) is 0 Å². The first-order valence-corrected chi connectivity index (χ1v) is 11.7. The fraction of sp³-hybridized carbons (Fsp3) is 0.292. The Labute approximate surface area is 219 Å². The average Bonchev–Trinajstić information content (AvgIpc) is 3.60. The van der Waals surface area contributed by atoms with Gasteiger partial charge in [-0.1, -0.05) is 40.8 Å². The molecule has 204 valence electrons. The number of hydrogen-bond acceptors (Lipinski definition) is 7. The van der Waals surface area contributed by atoms with Gasteiger partial charge in [-0.2, -0.15) is 13.2 Å². The van der Waals surface area contributed by atoms with Crippen LogP contribution in [-0.2, 0) is 32.4 Å². The largest absolute Gasteiger partial charge is 0.416 e. The summed E-state index contributed by atoms with van der Waals surface area (Å²) >= 11 is 0. The molecule has 4 rings (SSSR count). The maximum Gasteiger partial charge on any atom is 0.416 e. The Bertz CT molecular complexity index is 1410. The highest BCUT2D eigenvalue weighted by molar-refractivity contribution is 5.92. The van der Waals surface area contributed by atoms with Crippen LogP contribution in [-0.4, -0.2) is 53.0 Å². The topological polar surface area (TPSA) is 133 Å². The number of pyridine rings is 1. The zero-order valence-electron chi connectivity index (χ0n) is 20.3. The molecular formula is C24H23F4N9O2. The molecule has 1 atom stereocenters. The van der Waals surface area contributed by atoms with Gasteiger partial charge in [0.2, 0.25) is 0 Å². The molecule has 0 bridgehead atoms. The van der Waals surface area contributed by atoms with E-state index in [1.807, 2.05) is 30.3 Å². The lowest BCUT2D eigenvalue weighted by atomic mass is 10.2.